The minimum atomic E-state index is 0.304. The van der Waals surface area contributed by atoms with Crippen molar-refractivity contribution in [3.8, 4) is 0 Å². The van der Waals surface area contributed by atoms with Gasteiger partial charge in [0, 0.05) is 18.8 Å². The lowest BCUT2D eigenvalue weighted by Crippen LogP contribution is -2.33. The van der Waals surface area contributed by atoms with Crippen molar-refractivity contribution in [2.24, 2.45) is 10.2 Å². The zero-order chi connectivity index (χ0) is 14.5. The van der Waals surface area contributed by atoms with E-state index >= 15 is 0 Å². The van der Waals surface area contributed by atoms with Gasteiger partial charge in [0.15, 0.2) is 0 Å². The van der Waals surface area contributed by atoms with Crippen LogP contribution in [0.4, 0.5) is 0 Å². The Morgan fingerprint density at radius 3 is 2.52 bits per heavy atom. The molecule has 0 atom stereocenters. The summed E-state index contributed by atoms with van der Waals surface area (Å²) < 4.78 is 0. The third-order valence-electron chi connectivity index (χ3n) is 3.99. The molecule has 0 radical (unpaired) electrons. The molecule has 0 N–H and O–H groups in total. The number of hydrogen-bond donors (Lipinski definition) is 0. The van der Waals surface area contributed by atoms with E-state index in [0.29, 0.717) is 6.67 Å². The van der Waals surface area contributed by atoms with Gasteiger partial charge in [0.25, 0.3) is 0 Å². The molecule has 1 fully saturated rings. The standard InChI is InChI=1S/C17H19N3O/c21-19-13-20-9-7-17(8-10-20)18-12-14-5-6-15-3-1-2-4-16(15)11-14/h1-6,11H,7-10,12-13H2. The van der Waals surface area contributed by atoms with Gasteiger partial charge in [-0.1, -0.05) is 41.6 Å². The highest BCUT2D eigenvalue weighted by atomic mass is 16.3. The second-order valence-electron chi connectivity index (χ2n) is 5.45. The monoisotopic (exact) mass is 281 g/mol. The summed E-state index contributed by atoms with van der Waals surface area (Å²) in [4.78, 5) is 17.1. The molecule has 4 nitrogen and oxygen atoms in total. The van der Waals surface area contributed by atoms with Crippen molar-refractivity contribution in [1.29, 1.82) is 0 Å². The average molecular weight is 281 g/mol. The second kappa shape index (κ2) is 6.59. The highest BCUT2D eigenvalue weighted by Crippen LogP contribution is 2.17. The number of likely N-dealkylation sites (tertiary alicyclic amines) is 1. The minimum absolute atomic E-state index is 0.304. The van der Waals surface area contributed by atoms with Crippen LogP contribution in [0.25, 0.3) is 10.8 Å². The van der Waals surface area contributed by atoms with Gasteiger partial charge in [-0.3, -0.25) is 9.89 Å². The Labute approximate surface area is 124 Å². The summed E-state index contributed by atoms with van der Waals surface area (Å²) in [5, 5.41) is 5.48. The van der Waals surface area contributed by atoms with Gasteiger partial charge in [-0.15, -0.1) is 4.91 Å². The number of nitroso groups, excluding NO2 is 1. The van der Waals surface area contributed by atoms with Crippen molar-refractivity contribution >= 4 is 16.5 Å². The molecule has 0 spiro atoms. The van der Waals surface area contributed by atoms with E-state index in [1.54, 1.807) is 0 Å². The number of nitrogens with zero attached hydrogens (tertiary/aromatic N) is 3. The maximum atomic E-state index is 10.3. The first-order valence-corrected chi connectivity index (χ1v) is 7.36. The molecule has 108 valence electrons. The Morgan fingerprint density at radius 2 is 1.76 bits per heavy atom. The van der Waals surface area contributed by atoms with Crippen LogP contribution in [-0.2, 0) is 6.54 Å². The summed E-state index contributed by atoms with van der Waals surface area (Å²) in [6.45, 7) is 2.83. The fourth-order valence-corrected chi connectivity index (χ4v) is 2.73. The Hall–Kier alpha value is -2.07. The molecule has 1 aliphatic rings. The Kier molecular flexibility index (Phi) is 4.36. The van der Waals surface area contributed by atoms with Crippen molar-refractivity contribution in [3.05, 3.63) is 52.9 Å². The van der Waals surface area contributed by atoms with Crippen LogP contribution < -0.4 is 0 Å². The maximum Gasteiger partial charge on any atom is 0.134 e. The predicted octanol–water partition coefficient (Wildman–Crippen LogP) is 3.60. The van der Waals surface area contributed by atoms with Crippen LogP contribution in [0.2, 0.25) is 0 Å². The number of fused-ring (bicyclic) bond motifs is 1. The number of piperidine rings is 1. The molecule has 0 unspecified atom stereocenters. The van der Waals surface area contributed by atoms with Gasteiger partial charge >= 0.3 is 0 Å². The smallest absolute Gasteiger partial charge is 0.134 e. The molecule has 0 bridgehead atoms. The van der Waals surface area contributed by atoms with Crippen LogP contribution in [0.15, 0.2) is 52.6 Å². The molecule has 1 heterocycles. The molecule has 21 heavy (non-hydrogen) atoms. The van der Waals surface area contributed by atoms with E-state index in [1.807, 2.05) is 0 Å². The van der Waals surface area contributed by atoms with Crippen LogP contribution in [0.3, 0.4) is 0 Å². The highest BCUT2D eigenvalue weighted by Gasteiger charge is 2.14. The van der Waals surface area contributed by atoms with Gasteiger partial charge in [0.1, 0.15) is 6.67 Å². The van der Waals surface area contributed by atoms with Crippen LogP contribution in [0, 0.1) is 4.91 Å². The summed E-state index contributed by atoms with van der Waals surface area (Å²) in [6, 6.07) is 14.9. The van der Waals surface area contributed by atoms with Gasteiger partial charge in [0.05, 0.1) is 6.54 Å². The molecule has 4 heteroatoms. The number of rotatable bonds is 4. The molecule has 2 aromatic rings. The number of hydrogen-bond acceptors (Lipinski definition) is 4. The topological polar surface area (TPSA) is 45.0 Å². The van der Waals surface area contributed by atoms with Crippen LogP contribution in [0.5, 0.6) is 0 Å². The van der Waals surface area contributed by atoms with Crippen molar-refractivity contribution in [1.82, 2.24) is 4.90 Å². The first-order chi connectivity index (χ1) is 10.3. The van der Waals surface area contributed by atoms with E-state index in [-0.39, 0.29) is 0 Å². The van der Waals surface area contributed by atoms with Gasteiger partial charge < -0.3 is 0 Å². The predicted molar refractivity (Wildman–Crippen MR) is 86.6 cm³/mol. The lowest BCUT2D eigenvalue weighted by molar-refractivity contribution is 0.283. The van der Waals surface area contributed by atoms with Crippen molar-refractivity contribution < 1.29 is 0 Å². The lowest BCUT2D eigenvalue weighted by Gasteiger charge is -2.24. The molecule has 1 aliphatic heterocycles. The molecule has 0 amide bonds. The van der Waals surface area contributed by atoms with E-state index in [1.165, 1.54) is 22.0 Å². The second-order valence-corrected chi connectivity index (χ2v) is 5.45. The first kappa shape index (κ1) is 13.9. The van der Waals surface area contributed by atoms with Gasteiger partial charge in [-0.05, 0) is 35.2 Å². The minimum Gasteiger partial charge on any atom is -0.289 e. The molecule has 3 rings (SSSR count). The largest absolute Gasteiger partial charge is 0.289 e. The fraction of sp³-hybridized carbons (Fsp3) is 0.353. The first-order valence-electron chi connectivity index (χ1n) is 7.36. The fourth-order valence-electron chi connectivity index (χ4n) is 2.73. The zero-order valence-corrected chi connectivity index (χ0v) is 12.0. The Morgan fingerprint density at radius 1 is 1.00 bits per heavy atom. The maximum absolute atomic E-state index is 10.3. The van der Waals surface area contributed by atoms with Crippen LogP contribution >= 0.6 is 0 Å². The Balaban J connectivity index is 1.63. The molecule has 2 aromatic carbocycles. The quantitative estimate of drug-likeness (QED) is 0.804. The van der Waals surface area contributed by atoms with E-state index < -0.39 is 0 Å². The van der Waals surface area contributed by atoms with Crippen LogP contribution in [-0.4, -0.2) is 30.4 Å². The van der Waals surface area contributed by atoms with Gasteiger partial charge in [-0.2, -0.15) is 0 Å². The van der Waals surface area contributed by atoms with Crippen molar-refractivity contribution in [2.45, 2.75) is 19.4 Å². The molecular weight excluding hydrogens is 262 g/mol. The lowest BCUT2D eigenvalue weighted by atomic mass is 10.1. The zero-order valence-electron chi connectivity index (χ0n) is 12.0. The molecule has 0 aromatic heterocycles. The van der Waals surface area contributed by atoms with Gasteiger partial charge in [0.2, 0.25) is 0 Å². The molecular formula is C17H19N3O. The third kappa shape index (κ3) is 3.52. The molecule has 1 saturated heterocycles. The molecule has 0 aliphatic carbocycles. The summed E-state index contributed by atoms with van der Waals surface area (Å²) in [5.41, 5.74) is 2.50. The summed E-state index contributed by atoms with van der Waals surface area (Å²) in [7, 11) is 0. The van der Waals surface area contributed by atoms with E-state index in [4.69, 9.17) is 4.99 Å². The summed E-state index contributed by atoms with van der Waals surface area (Å²) in [5.74, 6) is 0. The highest BCUT2D eigenvalue weighted by molar-refractivity contribution is 5.86. The number of benzene rings is 2. The van der Waals surface area contributed by atoms with Crippen molar-refractivity contribution in [2.75, 3.05) is 19.8 Å². The normalized spacial score (nSPS) is 16.1. The average Bonchev–Trinajstić information content (AvgIpc) is 2.54. The summed E-state index contributed by atoms with van der Waals surface area (Å²) in [6.07, 6.45) is 1.90. The Bertz CT molecular complexity index is 656. The van der Waals surface area contributed by atoms with Gasteiger partial charge in [-0.25, -0.2) is 0 Å². The third-order valence-corrected chi connectivity index (χ3v) is 3.99. The summed E-state index contributed by atoms with van der Waals surface area (Å²) >= 11 is 0. The molecule has 0 saturated carbocycles. The van der Waals surface area contributed by atoms with Crippen LogP contribution in [0.1, 0.15) is 18.4 Å². The number of aliphatic imine (C=N–C) groups is 1. The van der Waals surface area contributed by atoms with E-state index in [0.717, 1.165) is 32.5 Å². The van der Waals surface area contributed by atoms with E-state index in [9.17, 15) is 4.91 Å². The van der Waals surface area contributed by atoms with E-state index in [2.05, 4.69) is 52.5 Å². The SMILES string of the molecule is O=NCN1CCC(=NCc2ccc3ccccc3c2)CC1. The van der Waals surface area contributed by atoms with Crippen molar-refractivity contribution in [3.63, 3.8) is 0 Å².